The third kappa shape index (κ3) is 5.15. The summed E-state index contributed by atoms with van der Waals surface area (Å²) >= 11 is 1.49. The van der Waals surface area contributed by atoms with Crippen LogP contribution >= 0.6 is 11.3 Å². The van der Waals surface area contributed by atoms with Crippen molar-refractivity contribution in [2.24, 2.45) is 5.92 Å². The Balaban J connectivity index is 1.47. The zero-order chi connectivity index (χ0) is 19.2. The summed E-state index contributed by atoms with van der Waals surface area (Å²) in [6, 6.07) is 1.63. The summed E-state index contributed by atoms with van der Waals surface area (Å²) in [6.07, 6.45) is 2.54. The average Bonchev–Trinajstić information content (AvgIpc) is 3.03. The van der Waals surface area contributed by atoms with Gasteiger partial charge >= 0.3 is 0 Å². The van der Waals surface area contributed by atoms with Gasteiger partial charge in [0, 0.05) is 49.4 Å². The molecule has 1 aliphatic rings. The highest BCUT2D eigenvalue weighted by atomic mass is 32.1. The molecule has 2 aromatic rings. The summed E-state index contributed by atoms with van der Waals surface area (Å²) < 4.78 is 6.93. The Morgan fingerprint density at radius 1 is 1.41 bits per heavy atom. The van der Waals surface area contributed by atoms with E-state index < -0.39 is 0 Å². The number of nitrogens with one attached hydrogen (secondary N) is 1. The molecule has 0 bridgehead atoms. The number of amides is 1. The van der Waals surface area contributed by atoms with Gasteiger partial charge in [-0.2, -0.15) is 0 Å². The summed E-state index contributed by atoms with van der Waals surface area (Å²) in [5.74, 6) is 0.229. The number of likely N-dealkylation sites (tertiary alicyclic amines) is 1. The molecule has 0 atom stereocenters. The molecule has 0 aliphatic carbocycles. The Labute approximate surface area is 163 Å². The second-order valence-corrected chi connectivity index (χ2v) is 7.81. The number of carbonyl (C=O) groups is 1. The first kappa shape index (κ1) is 20.0. The smallest absolute Gasteiger partial charge is 0.259 e. The number of thiazole rings is 1. The standard InChI is InChI=1S/C19H28N4O3S/c1-3-26-10-4-7-20-18(25)15-5-8-22(9-6-15)12-16-11-17(24)23-14(2)13-27-19(23)21-16/h11,13,15H,3-10,12H2,1-2H3,(H,20,25). The predicted molar refractivity (Wildman–Crippen MR) is 106 cm³/mol. The molecule has 7 nitrogen and oxygen atoms in total. The van der Waals surface area contributed by atoms with Gasteiger partial charge in [-0.3, -0.25) is 18.9 Å². The average molecular weight is 393 g/mol. The van der Waals surface area contributed by atoms with Crippen molar-refractivity contribution in [3.8, 4) is 0 Å². The first-order valence-electron chi connectivity index (χ1n) is 9.63. The van der Waals surface area contributed by atoms with E-state index in [9.17, 15) is 9.59 Å². The number of ether oxygens (including phenoxy) is 1. The number of hydrogen-bond acceptors (Lipinski definition) is 6. The highest BCUT2D eigenvalue weighted by Crippen LogP contribution is 2.19. The van der Waals surface area contributed by atoms with Crippen molar-refractivity contribution in [2.45, 2.75) is 39.7 Å². The summed E-state index contributed by atoms with van der Waals surface area (Å²) in [6.45, 7) is 8.32. The SMILES string of the molecule is CCOCCCNC(=O)C1CCN(Cc2cc(=O)n3c(C)csc3n2)CC1. The molecule has 3 heterocycles. The van der Waals surface area contributed by atoms with E-state index in [0.717, 1.165) is 48.7 Å². The van der Waals surface area contributed by atoms with E-state index in [2.05, 4.69) is 15.2 Å². The van der Waals surface area contributed by atoms with Crippen LogP contribution in [-0.4, -0.2) is 53.0 Å². The van der Waals surface area contributed by atoms with Crippen LogP contribution < -0.4 is 10.9 Å². The van der Waals surface area contributed by atoms with Gasteiger partial charge in [-0.25, -0.2) is 4.98 Å². The molecule has 0 unspecified atom stereocenters. The molecule has 148 valence electrons. The van der Waals surface area contributed by atoms with Crippen LogP contribution in [0.1, 0.15) is 37.6 Å². The topological polar surface area (TPSA) is 75.9 Å². The van der Waals surface area contributed by atoms with Crippen LogP contribution in [0, 0.1) is 12.8 Å². The highest BCUT2D eigenvalue weighted by Gasteiger charge is 2.25. The Kier molecular flexibility index (Phi) is 6.98. The fraction of sp³-hybridized carbons (Fsp3) is 0.632. The molecule has 2 aromatic heterocycles. The maximum Gasteiger partial charge on any atom is 0.259 e. The monoisotopic (exact) mass is 392 g/mol. The Morgan fingerprint density at radius 3 is 2.93 bits per heavy atom. The van der Waals surface area contributed by atoms with Gasteiger partial charge in [-0.15, -0.1) is 11.3 Å². The number of rotatable bonds is 8. The molecule has 1 amide bonds. The minimum absolute atomic E-state index is 0.0185. The molecule has 1 aliphatic heterocycles. The molecule has 0 radical (unpaired) electrons. The van der Waals surface area contributed by atoms with Crippen LogP contribution in [0.25, 0.3) is 4.96 Å². The van der Waals surface area contributed by atoms with Gasteiger partial charge < -0.3 is 10.1 Å². The second-order valence-electron chi connectivity index (χ2n) is 6.97. The van der Waals surface area contributed by atoms with Crippen molar-refractivity contribution in [2.75, 3.05) is 32.8 Å². The molecule has 1 saturated heterocycles. The maximum absolute atomic E-state index is 12.3. The molecule has 3 rings (SSSR count). The van der Waals surface area contributed by atoms with Crippen molar-refractivity contribution in [3.05, 3.63) is 33.2 Å². The van der Waals surface area contributed by atoms with Gasteiger partial charge in [0.2, 0.25) is 5.91 Å². The molecule has 27 heavy (non-hydrogen) atoms. The van der Waals surface area contributed by atoms with Crippen LogP contribution in [0.3, 0.4) is 0 Å². The van der Waals surface area contributed by atoms with Gasteiger partial charge in [0.15, 0.2) is 4.96 Å². The number of aryl methyl sites for hydroxylation is 1. The Morgan fingerprint density at radius 2 is 2.19 bits per heavy atom. The Hall–Kier alpha value is -1.77. The first-order chi connectivity index (χ1) is 13.1. The number of aromatic nitrogens is 2. The maximum atomic E-state index is 12.3. The highest BCUT2D eigenvalue weighted by molar-refractivity contribution is 7.15. The van der Waals surface area contributed by atoms with E-state index in [1.54, 1.807) is 10.5 Å². The molecule has 1 N–H and O–H groups in total. The van der Waals surface area contributed by atoms with Crippen LogP contribution in [-0.2, 0) is 16.1 Å². The van der Waals surface area contributed by atoms with Crippen molar-refractivity contribution in [1.29, 1.82) is 0 Å². The van der Waals surface area contributed by atoms with Gasteiger partial charge in [-0.1, -0.05) is 0 Å². The zero-order valence-corrected chi connectivity index (χ0v) is 16.9. The summed E-state index contributed by atoms with van der Waals surface area (Å²) in [5.41, 5.74) is 1.71. The fourth-order valence-corrected chi connectivity index (χ4v) is 4.33. The molecular weight excluding hydrogens is 364 g/mol. The minimum atomic E-state index is -0.0185. The molecule has 0 aromatic carbocycles. The lowest BCUT2D eigenvalue weighted by atomic mass is 9.96. The van der Waals surface area contributed by atoms with E-state index in [1.807, 2.05) is 19.2 Å². The number of piperidine rings is 1. The third-order valence-electron chi connectivity index (χ3n) is 4.94. The number of nitrogens with zero attached hydrogens (tertiary/aromatic N) is 3. The van der Waals surface area contributed by atoms with Gasteiger partial charge in [0.25, 0.3) is 5.56 Å². The molecule has 8 heteroatoms. The van der Waals surface area contributed by atoms with E-state index >= 15 is 0 Å². The van der Waals surface area contributed by atoms with E-state index in [4.69, 9.17) is 4.74 Å². The summed E-state index contributed by atoms with van der Waals surface area (Å²) in [4.78, 5) is 32.2. The Bertz CT molecular complexity index is 824. The van der Waals surface area contributed by atoms with Crippen molar-refractivity contribution in [3.63, 3.8) is 0 Å². The zero-order valence-electron chi connectivity index (χ0n) is 16.1. The van der Waals surface area contributed by atoms with E-state index in [1.165, 1.54) is 11.3 Å². The summed E-state index contributed by atoms with van der Waals surface area (Å²) in [5, 5.41) is 4.96. The minimum Gasteiger partial charge on any atom is -0.382 e. The third-order valence-corrected chi connectivity index (χ3v) is 5.89. The van der Waals surface area contributed by atoms with Crippen LogP contribution in [0.2, 0.25) is 0 Å². The molecular formula is C19H28N4O3S. The predicted octanol–water partition coefficient (Wildman–Crippen LogP) is 1.82. The normalized spacial score (nSPS) is 16.1. The van der Waals surface area contributed by atoms with Crippen molar-refractivity contribution in [1.82, 2.24) is 19.6 Å². The molecule has 0 saturated carbocycles. The lowest BCUT2D eigenvalue weighted by molar-refractivity contribution is -0.126. The lowest BCUT2D eigenvalue weighted by Gasteiger charge is -2.31. The van der Waals surface area contributed by atoms with Crippen molar-refractivity contribution >= 4 is 22.2 Å². The quantitative estimate of drug-likeness (QED) is 0.694. The second kappa shape index (κ2) is 9.43. The fourth-order valence-electron chi connectivity index (χ4n) is 3.44. The van der Waals surface area contributed by atoms with Crippen LogP contribution in [0.4, 0.5) is 0 Å². The van der Waals surface area contributed by atoms with Gasteiger partial charge in [-0.05, 0) is 46.2 Å². The van der Waals surface area contributed by atoms with Gasteiger partial charge in [0.05, 0.1) is 5.69 Å². The first-order valence-corrected chi connectivity index (χ1v) is 10.5. The summed E-state index contributed by atoms with van der Waals surface area (Å²) in [7, 11) is 0. The number of carbonyl (C=O) groups excluding carboxylic acids is 1. The van der Waals surface area contributed by atoms with Crippen molar-refractivity contribution < 1.29 is 9.53 Å². The number of fused-ring (bicyclic) bond motifs is 1. The number of hydrogen-bond donors (Lipinski definition) is 1. The largest absolute Gasteiger partial charge is 0.382 e. The van der Waals surface area contributed by atoms with Gasteiger partial charge in [0.1, 0.15) is 0 Å². The molecule has 1 fully saturated rings. The molecule has 0 spiro atoms. The lowest BCUT2D eigenvalue weighted by Crippen LogP contribution is -2.40. The van der Waals surface area contributed by atoms with Crippen LogP contribution in [0.15, 0.2) is 16.2 Å². The van der Waals surface area contributed by atoms with E-state index in [-0.39, 0.29) is 17.4 Å². The van der Waals surface area contributed by atoms with Crippen LogP contribution in [0.5, 0.6) is 0 Å². The van der Waals surface area contributed by atoms with E-state index in [0.29, 0.717) is 26.3 Å².